The van der Waals surface area contributed by atoms with Gasteiger partial charge in [0.05, 0.1) is 19.8 Å². The summed E-state index contributed by atoms with van der Waals surface area (Å²) < 4.78 is 10.5. The molecule has 2 aromatic rings. The highest BCUT2D eigenvalue weighted by Gasteiger charge is 2.19. The van der Waals surface area contributed by atoms with Crippen molar-refractivity contribution >= 4 is 17.3 Å². The van der Waals surface area contributed by atoms with Crippen LogP contribution in [0.2, 0.25) is 0 Å². The first-order valence-corrected chi connectivity index (χ1v) is 6.32. The molecule has 0 amide bonds. The third-order valence-corrected chi connectivity index (χ3v) is 3.64. The molecule has 2 rings (SSSR count). The van der Waals surface area contributed by atoms with E-state index in [4.69, 9.17) is 14.6 Å². The number of thiazole rings is 1. The summed E-state index contributed by atoms with van der Waals surface area (Å²) in [5, 5.41) is 9.64. The lowest BCUT2D eigenvalue weighted by Gasteiger charge is -2.10. The molecule has 0 saturated heterocycles. The predicted molar refractivity (Wildman–Crippen MR) is 72.4 cm³/mol. The van der Waals surface area contributed by atoms with Gasteiger partial charge in [-0.1, -0.05) is 6.07 Å². The highest BCUT2D eigenvalue weighted by Crippen LogP contribution is 2.39. The van der Waals surface area contributed by atoms with Crippen molar-refractivity contribution in [2.24, 2.45) is 0 Å². The van der Waals surface area contributed by atoms with Gasteiger partial charge in [-0.2, -0.15) is 0 Å². The van der Waals surface area contributed by atoms with Crippen molar-refractivity contribution in [2.75, 3.05) is 14.2 Å². The van der Waals surface area contributed by atoms with Crippen LogP contribution < -0.4 is 9.47 Å². The minimum Gasteiger partial charge on any atom is -0.493 e. The van der Waals surface area contributed by atoms with Gasteiger partial charge in [0.1, 0.15) is 5.01 Å². The van der Waals surface area contributed by atoms with Gasteiger partial charge >= 0.3 is 5.97 Å². The van der Waals surface area contributed by atoms with Crippen molar-refractivity contribution in [3.05, 3.63) is 28.8 Å². The Morgan fingerprint density at radius 2 is 2.05 bits per heavy atom. The molecular formula is C13H13NO4S. The highest BCUT2D eigenvalue weighted by molar-refractivity contribution is 7.15. The first-order chi connectivity index (χ1) is 9.08. The number of hydrogen-bond acceptors (Lipinski definition) is 5. The van der Waals surface area contributed by atoms with Gasteiger partial charge in [0.15, 0.2) is 17.2 Å². The molecule has 0 unspecified atom stereocenters. The number of aromatic carboxylic acids is 1. The molecule has 0 bridgehead atoms. The fourth-order valence-corrected chi connectivity index (χ4v) is 2.69. The van der Waals surface area contributed by atoms with E-state index in [1.165, 1.54) is 11.3 Å². The Kier molecular flexibility index (Phi) is 3.71. The van der Waals surface area contributed by atoms with Gasteiger partial charge < -0.3 is 14.6 Å². The molecule has 100 valence electrons. The van der Waals surface area contributed by atoms with E-state index in [2.05, 4.69) is 4.98 Å². The Balaban J connectivity index is 2.59. The smallest absolute Gasteiger partial charge is 0.355 e. The summed E-state index contributed by atoms with van der Waals surface area (Å²) in [6.07, 6.45) is 0. The molecule has 1 aromatic carbocycles. The Morgan fingerprint density at radius 1 is 1.32 bits per heavy atom. The van der Waals surface area contributed by atoms with Gasteiger partial charge in [-0.15, -0.1) is 11.3 Å². The van der Waals surface area contributed by atoms with Crippen LogP contribution in [0.4, 0.5) is 0 Å². The van der Waals surface area contributed by atoms with E-state index in [1.807, 2.05) is 12.1 Å². The molecular weight excluding hydrogens is 266 g/mol. The van der Waals surface area contributed by atoms with E-state index in [0.29, 0.717) is 21.4 Å². The van der Waals surface area contributed by atoms with Crippen molar-refractivity contribution in [3.63, 3.8) is 0 Å². The number of carbonyl (C=O) groups is 1. The minimum absolute atomic E-state index is 0.0740. The van der Waals surface area contributed by atoms with E-state index in [1.54, 1.807) is 27.2 Å². The van der Waals surface area contributed by atoms with Gasteiger partial charge in [-0.25, -0.2) is 9.78 Å². The monoisotopic (exact) mass is 279 g/mol. The molecule has 19 heavy (non-hydrogen) atoms. The van der Waals surface area contributed by atoms with Crippen LogP contribution in [0.25, 0.3) is 10.6 Å². The van der Waals surface area contributed by atoms with E-state index in [9.17, 15) is 4.79 Å². The second kappa shape index (κ2) is 5.27. The third-order valence-electron chi connectivity index (χ3n) is 2.63. The van der Waals surface area contributed by atoms with Crippen molar-refractivity contribution in [1.82, 2.24) is 4.98 Å². The first-order valence-electron chi connectivity index (χ1n) is 5.50. The summed E-state index contributed by atoms with van der Waals surface area (Å²) in [5.74, 6) is 0.113. The molecule has 0 aliphatic carbocycles. The second-order valence-electron chi connectivity index (χ2n) is 3.77. The average molecular weight is 279 g/mol. The fraction of sp³-hybridized carbons (Fsp3) is 0.231. The maximum absolute atomic E-state index is 11.0. The molecule has 5 nitrogen and oxygen atoms in total. The number of methoxy groups -OCH3 is 2. The summed E-state index contributed by atoms with van der Waals surface area (Å²) in [4.78, 5) is 15.8. The molecule has 0 spiro atoms. The molecule has 1 heterocycles. The largest absolute Gasteiger partial charge is 0.493 e. The van der Waals surface area contributed by atoms with Crippen molar-refractivity contribution in [2.45, 2.75) is 6.92 Å². The van der Waals surface area contributed by atoms with Crippen LogP contribution in [0.15, 0.2) is 18.2 Å². The number of carboxylic acid groups (broad SMARTS) is 1. The molecule has 0 aliphatic heterocycles. The quantitative estimate of drug-likeness (QED) is 0.932. The van der Waals surface area contributed by atoms with Crippen molar-refractivity contribution in [1.29, 1.82) is 0 Å². The number of carboxylic acids is 1. The normalized spacial score (nSPS) is 10.3. The highest BCUT2D eigenvalue weighted by atomic mass is 32.1. The zero-order valence-corrected chi connectivity index (χ0v) is 11.6. The Hall–Kier alpha value is -2.08. The van der Waals surface area contributed by atoms with Gasteiger partial charge in [0, 0.05) is 4.88 Å². The number of nitrogens with zero attached hydrogens (tertiary/aromatic N) is 1. The number of para-hydroxylation sites is 1. The number of ether oxygens (including phenoxy) is 2. The lowest BCUT2D eigenvalue weighted by Crippen LogP contribution is -1.98. The van der Waals surface area contributed by atoms with Crippen molar-refractivity contribution in [3.8, 4) is 22.1 Å². The van der Waals surface area contributed by atoms with E-state index in [-0.39, 0.29) is 5.69 Å². The topological polar surface area (TPSA) is 68.7 Å². The zero-order chi connectivity index (χ0) is 14.0. The molecule has 6 heteroatoms. The number of rotatable bonds is 4. The molecule has 1 aromatic heterocycles. The van der Waals surface area contributed by atoms with Gasteiger partial charge in [-0.05, 0) is 19.1 Å². The fourth-order valence-electron chi connectivity index (χ4n) is 1.77. The molecule has 1 N–H and O–H groups in total. The van der Waals surface area contributed by atoms with Crippen LogP contribution in [0.3, 0.4) is 0 Å². The molecule has 0 radical (unpaired) electrons. The molecule has 0 atom stereocenters. The van der Waals surface area contributed by atoms with Crippen LogP contribution in [0.5, 0.6) is 11.5 Å². The van der Waals surface area contributed by atoms with Gasteiger partial charge in [0.2, 0.25) is 0 Å². The number of aryl methyl sites for hydroxylation is 1. The van der Waals surface area contributed by atoms with Crippen LogP contribution in [-0.2, 0) is 0 Å². The summed E-state index contributed by atoms with van der Waals surface area (Å²) >= 11 is 1.32. The minimum atomic E-state index is -1.03. The summed E-state index contributed by atoms with van der Waals surface area (Å²) in [6.45, 7) is 1.73. The molecule has 0 fully saturated rings. The Morgan fingerprint density at radius 3 is 2.58 bits per heavy atom. The second-order valence-corrected chi connectivity index (χ2v) is 4.97. The van der Waals surface area contributed by atoms with Crippen LogP contribution in [-0.4, -0.2) is 30.3 Å². The lowest BCUT2D eigenvalue weighted by atomic mass is 10.2. The maximum atomic E-state index is 11.0. The third kappa shape index (κ3) is 2.39. The Labute approximate surface area is 114 Å². The van der Waals surface area contributed by atoms with E-state index >= 15 is 0 Å². The van der Waals surface area contributed by atoms with Crippen LogP contribution >= 0.6 is 11.3 Å². The van der Waals surface area contributed by atoms with Gasteiger partial charge in [0.25, 0.3) is 0 Å². The van der Waals surface area contributed by atoms with Crippen molar-refractivity contribution < 1.29 is 19.4 Å². The van der Waals surface area contributed by atoms with E-state index < -0.39 is 5.97 Å². The summed E-state index contributed by atoms with van der Waals surface area (Å²) in [6, 6.07) is 5.42. The maximum Gasteiger partial charge on any atom is 0.355 e. The predicted octanol–water partition coefficient (Wildman–Crippen LogP) is 2.83. The molecule has 0 saturated carbocycles. The zero-order valence-electron chi connectivity index (χ0n) is 10.8. The number of benzene rings is 1. The standard InChI is InChI=1S/C13H13NO4S/c1-7-10(13(15)16)14-12(19-7)8-5-4-6-9(17-2)11(8)18-3/h4-6H,1-3H3,(H,15,16). The average Bonchev–Trinajstić information content (AvgIpc) is 2.79. The Bertz CT molecular complexity index is 621. The number of aromatic nitrogens is 1. The lowest BCUT2D eigenvalue weighted by molar-refractivity contribution is 0.0690. The van der Waals surface area contributed by atoms with Gasteiger partial charge in [-0.3, -0.25) is 0 Å². The summed E-state index contributed by atoms with van der Waals surface area (Å²) in [5.41, 5.74) is 0.798. The van der Waals surface area contributed by atoms with Crippen LogP contribution in [0.1, 0.15) is 15.4 Å². The first kappa shape index (κ1) is 13.4. The molecule has 0 aliphatic rings. The van der Waals surface area contributed by atoms with E-state index in [0.717, 1.165) is 5.56 Å². The summed E-state index contributed by atoms with van der Waals surface area (Å²) in [7, 11) is 3.09. The SMILES string of the molecule is COc1cccc(-c2nc(C(=O)O)c(C)s2)c1OC. The van der Waals surface area contributed by atoms with Crippen LogP contribution in [0, 0.1) is 6.92 Å². The number of hydrogen-bond donors (Lipinski definition) is 1.